The lowest BCUT2D eigenvalue weighted by atomic mass is 9.79. The van der Waals surface area contributed by atoms with E-state index in [9.17, 15) is 14.0 Å². The van der Waals surface area contributed by atoms with E-state index in [0.29, 0.717) is 0 Å². The summed E-state index contributed by atoms with van der Waals surface area (Å²) in [6.07, 6.45) is 1.89. The molecule has 0 aliphatic rings. The lowest BCUT2D eigenvalue weighted by molar-refractivity contribution is 0.254. The molecule has 32 heavy (non-hydrogen) atoms. The van der Waals surface area contributed by atoms with Gasteiger partial charge in [-0.15, -0.1) is 0 Å². The Balaban J connectivity index is 2.55. The van der Waals surface area contributed by atoms with E-state index < -0.39 is 28.6 Å². The van der Waals surface area contributed by atoms with E-state index in [1.165, 1.54) is 16.7 Å². The first-order valence-corrected chi connectivity index (χ1v) is 10.7. The summed E-state index contributed by atoms with van der Waals surface area (Å²) in [5.74, 6) is -0.500. The van der Waals surface area contributed by atoms with Crippen LogP contribution in [0.2, 0.25) is 5.02 Å². The highest BCUT2D eigenvalue weighted by atomic mass is 35.5. The van der Waals surface area contributed by atoms with E-state index in [-0.39, 0.29) is 33.2 Å². The van der Waals surface area contributed by atoms with Gasteiger partial charge in [-0.05, 0) is 57.2 Å². The van der Waals surface area contributed by atoms with Crippen LogP contribution in [0.15, 0.2) is 56.6 Å². The summed E-state index contributed by atoms with van der Waals surface area (Å²) < 4.78 is 16.0. The van der Waals surface area contributed by atoms with Crippen molar-refractivity contribution in [3.05, 3.63) is 73.7 Å². The minimum atomic E-state index is -1.00. The van der Waals surface area contributed by atoms with Crippen LogP contribution in [-0.2, 0) is 5.54 Å². The molecule has 0 radical (unpaired) electrons. The van der Waals surface area contributed by atoms with Crippen LogP contribution in [-0.4, -0.2) is 27.3 Å². The van der Waals surface area contributed by atoms with Gasteiger partial charge in [0.05, 0.1) is 27.7 Å². The number of aromatic amines is 1. The van der Waals surface area contributed by atoms with Crippen LogP contribution in [0, 0.1) is 11.7 Å². The molecular formula is C24H26ClFN4O2. The van der Waals surface area contributed by atoms with Crippen LogP contribution < -0.4 is 11.2 Å². The number of nitrogens with one attached hydrogen (secondary N) is 1. The summed E-state index contributed by atoms with van der Waals surface area (Å²) in [5.41, 5.74) is -1.02. The monoisotopic (exact) mass is 456 g/mol. The van der Waals surface area contributed by atoms with Crippen molar-refractivity contribution in [2.45, 2.75) is 46.2 Å². The molecule has 3 aromatic rings. The number of allylic oxidation sites excluding steroid dienone is 1. The van der Waals surface area contributed by atoms with E-state index in [2.05, 4.69) is 21.7 Å². The number of fused-ring (bicyclic) bond motifs is 1. The molecule has 1 aromatic carbocycles. The first-order chi connectivity index (χ1) is 15.1. The highest BCUT2D eigenvalue weighted by Gasteiger charge is 2.41. The van der Waals surface area contributed by atoms with Crippen molar-refractivity contribution in [3.8, 4) is 11.3 Å². The van der Waals surface area contributed by atoms with Crippen LogP contribution in [0.5, 0.6) is 0 Å². The minimum absolute atomic E-state index is 0.0135. The van der Waals surface area contributed by atoms with Crippen molar-refractivity contribution in [1.29, 1.82) is 0 Å². The molecule has 0 saturated heterocycles. The number of hydrogen-bond donors (Lipinski definition) is 1. The number of hydrogen-bond acceptors (Lipinski definition) is 4. The predicted octanol–water partition coefficient (Wildman–Crippen LogP) is 4.95. The van der Waals surface area contributed by atoms with Gasteiger partial charge in [-0.1, -0.05) is 43.7 Å². The van der Waals surface area contributed by atoms with E-state index in [0.717, 1.165) is 5.57 Å². The smallest absolute Gasteiger partial charge is 0.295 e. The third-order valence-electron chi connectivity index (χ3n) is 6.06. The zero-order valence-corrected chi connectivity index (χ0v) is 19.5. The van der Waals surface area contributed by atoms with Crippen LogP contribution in [0.4, 0.5) is 4.39 Å². The summed E-state index contributed by atoms with van der Waals surface area (Å²) in [6.45, 7) is 13.3. The Labute approximate surface area is 190 Å². The maximum absolute atomic E-state index is 14.6. The van der Waals surface area contributed by atoms with Gasteiger partial charge in [0.25, 0.3) is 5.56 Å². The minimum Gasteiger partial charge on any atom is -0.295 e. The molecule has 0 aliphatic heterocycles. The molecule has 0 saturated carbocycles. The predicted molar refractivity (Wildman–Crippen MR) is 128 cm³/mol. The molecule has 1 N–H and O–H groups in total. The summed E-state index contributed by atoms with van der Waals surface area (Å²) in [6, 6.07) is 7.06. The van der Waals surface area contributed by atoms with Gasteiger partial charge in [-0.2, -0.15) is 0 Å². The Hall–Kier alpha value is -3.06. The molecule has 2 atom stereocenters. The summed E-state index contributed by atoms with van der Waals surface area (Å²) in [4.78, 5) is 37.2. The summed E-state index contributed by atoms with van der Waals surface area (Å²) in [7, 11) is 0. The van der Waals surface area contributed by atoms with Gasteiger partial charge in [-0.25, -0.2) is 14.2 Å². The normalized spacial score (nSPS) is 15.1. The third-order valence-corrected chi connectivity index (χ3v) is 6.35. The summed E-state index contributed by atoms with van der Waals surface area (Å²) >= 11 is 6.41. The molecule has 0 aliphatic carbocycles. The van der Waals surface area contributed by atoms with Crippen molar-refractivity contribution in [1.82, 2.24) is 14.5 Å². The largest absolute Gasteiger partial charge is 0.330 e. The molecule has 0 amide bonds. The van der Waals surface area contributed by atoms with E-state index >= 15 is 0 Å². The van der Waals surface area contributed by atoms with Gasteiger partial charge in [0, 0.05) is 5.56 Å². The Morgan fingerprint density at radius 1 is 1.34 bits per heavy atom. The van der Waals surface area contributed by atoms with Crippen LogP contribution in [0.1, 0.15) is 34.6 Å². The van der Waals surface area contributed by atoms with Crippen molar-refractivity contribution < 1.29 is 4.39 Å². The lowest BCUT2D eigenvalue weighted by Gasteiger charge is -2.40. The van der Waals surface area contributed by atoms with E-state index in [1.807, 2.05) is 40.7 Å². The van der Waals surface area contributed by atoms with Crippen LogP contribution in [0.3, 0.4) is 0 Å². The van der Waals surface area contributed by atoms with E-state index in [1.54, 1.807) is 18.2 Å². The molecule has 0 fully saturated rings. The van der Waals surface area contributed by atoms with Crippen molar-refractivity contribution in [2.24, 2.45) is 10.9 Å². The second kappa shape index (κ2) is 8.82. The first-order valence-electron chi connectivity index (χ1n) is 10.3. The maximum Gasteiger partial charge on any atom is 0.330 e. The number of nitrogens with zero attached hydrogens (tertiary/aromatic N) is 3. The Kier molecular flexibility index (Phi) is 6.51. The number of H-pyrrole nitrogens is 1. The standard InChI is InChI=1S/C24H26ClFN4O2/c1-7-14(4)24(5,20(27-6)13(2)3)30-21-16(22(31)29-23(30)32)12-17(25)19(28-21)15-10-8-9-11-18(15)26/h7-13,20H,6H2,1-5H3,(H,29,31,32)/b14-7-. The summed E-state index contributed by atoms with van der Waals surface area (Å²) in [5, 5.41) is 0.224. The Bertz CT molecular complexity index is 1340. The lowest BCUT2D eigenvalue weighted by Crippen LogP contribution is -2.52. The van der Waals surface area contributed by atoms with Crippen LogP contribution >= 0.6 is 11.6 Å². The number of halogens is 2. The molecule has 2 unspecified atom stereocenters. The highest BCUT2D eigenvalue weighted by Crippen LogP contribution is 2.37. The van der Waals surface area contributed by atoms with Gasteiger partial charge >= 0.3 is 5.69 Å². The molecule has 2 heterocycles. The molecule has 8 heteroatoms. The molecule has 3 rings (SSSR count). The average Bonchev–Trinajstić information content (AvgIpc) is 2.74. The van der Waals surface area contributed by atoms with Gasteiger partial charge in [0.2, 0.25) is 0 Å². The van der Waals surface area contributed by atoms with Crippen molar-refractivity contribution >= 4 is 29.4 Å². The number of benzene rings is 1. The molecule has 2 aromatic heterocycles. The van der Waals surface area contributed by atoms with Gasteiger partial charge in [-0.3, -0.25) is 19.3 Å². The fraction of sp³-hybridized carbons (Fsp3) is 0.333. The zero-order valence-electron chi connectivity index (χ0n) is 18.7. The quantitative estimate of drug-likeness (QED) is 0.421. The number of aromatic nitrogens is 3. The average molecular weight is 457 g/mol. The highest BCUT2D eigenvalue weighted by molar-refractivity contribution is 6.33. The molecule has 168 valence electrons. The van der Waals surface area contributed by atoms with E-state index in [4.69, 9.17) is 11.6 Å². The van der Waals surface area contributed by atoms with Crippen LogP contribution in [0.25, 0.3) is 22.3 Å². The number of aliphatic imine (C=N–C) groups is 1. The second-order valence-electron chi connectivity index (χ2n) is 8.26. The molecule has 0 spiro atoms. The van der Waals surface area contributed by atoms with Gasteiger partial charge in [0.15, 0.2) is 5.65 Å². The number of rotatable bonds is 6. The molecule has 0 bridgehead atoms. The fourth-order valence-electron chi connectivity index (χ4n) is 4.28. The maximum atomic E-state index is 14.6. The molecule has 6 nitrogen and oxygen atoms in total. The topological polar surface area (TPSA) is 80.1 Å². The first kappa shape index (κ1) is 23.6. The Morgan fingerprint density at radius 2 is 2.00 bits per heavy atom. The second-order valence-corrected chi connectivity index (χ2v) is 8.66. The molecular weight excluding hydrogens is 431 g/mol. The van der Waals surface area contributed by atoms with Gasteiger partial charge in [0.1, 0.15) is 5.82 Å². The van der Waals surface area contributed by atoms with Gasteiger partial charge < -0.3 is 0 Å². The SMILES string of the molecule is C=NC(C(C)C)C(C)(/C(C)=C\C)n1c(=O)[nH]c(=O)c2cc(Cl)c(-c3ccccc3F)nc21. The number of pyridine rings is 1. The van der Waals surface area contributed by atoms with Crippen molar-refractivity contribution in [3.63, 3.8) is 0 Å². The third kappa shape index (κ3) is 3.71. The zero-order chi connectivity index (χ0) is 23.8. The van der Waals surface area contributed by atoms with Crippen molar-refractivity contribution in [2.75, 3.05) is 0 Å². The fourth-order valence-corrected chi connectivity index (χ4v) is 4.53. The Morgan fingerprint density at radius 3 is 2.56 bits per heavy atom.